The van der Waals surface area contributed by atoms with Crippen molar-refractivity contribution in [1.82, 2.24) is 5.32 Å². The maximum Gasteiger partial charge on any atom is 0.401 e. The molecule has 1 aromatic carbocycles. The van der Waals surface area contributed by atoms with Crippen LogP contribution in [0, 0.1) is 12.7 Å². The lowest BCUT2D eigenvalue weighted by atomic mass is 10.0. The Labute approximate surface area is 101 Å². The van der Waals surface area contributed by atoms with Crippen LogP contribution in [0.3, 0.4) is 0 Å². The molecule has 0 saturated heterocycles. The molecule has 0 aliphatic rings. The van der Waals surface area contributed by atoms with Gasteiger partial charge in [0.1, 0.15) is 11.9 Å². The van der Waals surface area contributed by atoms with Crippen LogP contribution in [-0.2, 0) is 4.79 Å². The van der Waals surface area contributed by atoms with Crippen LogP contribution in [0.4, 0.5) is 17.6 Å². The van der Waals surface area contributed by atoms with Gasteiger partial charge in [-0.2, -0.15) is 13.2 Å². The van der Waals surface area contributed by atoms with E-state index >= 15 is 0 Å². The van der Waals surface area contributed by atoms with Crippen LogP contribution in [0.5, 0.6) is 0 Å². The van der Waals surface area contributed by atoms with Gasteiger partial charge in [-0.05, 0) is 30.2 Å². The molecule has 3 nitrogen and oxygen atoms in total. The molecule has 1 amide bonds. The molecule has 0 aliphatic carbocycles. The highest BCUT2D eigenvalue weighted by Crippen LogP contribution is 2.21. The molecule has 100 valence electrons. The molecule has 0 aromatic heterocycles. The second-order valence-electron chi connectivity index (χ2n) is 3.83. The SMILES string of the molecule is Cc1ccc(F)cc1C(NCC(F)(F)F)C(N)=O. The second kappa shape index (κ2) is 5.34. The highest BCUT2D eigenvalue weighted by atomic mass is 19.4. The van der Waals surface area contributed by atoms with Gasteiger partial charge in [-0.15, -0.1) is 0 Å². The number of hydrogen-bond acceptors (Lipinski definition) is 2. The Balaban J connectivity index is 2.98. The molecule has 1 atom stereocenters. The number of nitrogens with two attached hydrogens (primary N) is 1. The van der Waals surface area contributed by atoms with E-state index in [4.69, 9.17) is 5.73 Å². The Morgan fingerprint density at radius 2 is 2.06 bits per heavy atom. The molecular weight excluding hydrogens is 252 g/mol. The third-order valence-electron chi connectivity index (χ3n) is 2.34. The fraction of sp³-hybridized carbons (Fsp3) is 0.364. The number of alkyl halides is 3. The minimum absolute atomic E-state index is 0.103. The van der Waals surface area contributed by atoms with Crippen LogP contribution in [0.2, 0.25) is 0 Å². The number of primary amides is 1. The monoisotopic (exact) mass is 264 g/mol. The van der Waals surface area contributed by atoms with Crippen molar-refractivity contribution in [2.45, 2.75) is 19.1 Å². The van der Waals surface area contributed by atoms with Gasteiger partial charge in [0.2, 0.25) is 5.91 Å². The predicted octanol–water partition coefficient (Wildman–Crippen LogP) is 1.81. The van der Waals surface area contributed by atoms with E-state index < -0.39 is 30.5 Å². The van der Waals surface area contributed by atoms with Crippen molar-refractivity contribution in [1.29, 1.82) is 0 Å². The molecule has 1 unspecified atom stereocenters. The summed E-state index contributed by atoms with van der Waals surface area (Å²) in [4.78, 5) is 11.2. The zero-order valence-corrected chi connectivity index (χ0v) is 9.51. The first kappa shape index (κ1) is 14.4. The van der Waals surface area contributed by atoms with Gasteiger partial charge in [-0.1, -0.05) is 6.07 Å². The lowest BCUT2D eigenvalue weighted by Crippen LogP contribution is -2.39. The van der Waals surface area contributed by atoms with Crippen molar-refractivity contribution in [2.24, 2.45) is 5.73 Å². The first-order valence-corrected chi connectivity index (χ1v) is 5.06. The van der Waals surface area contributed by atoms with E-state index in [0.29, 0.717) is 5.56 Å². The summed E-state index contributed by atoms with van der Waals surface area (Å²) in [6, 6.07) is 2.15. The summed E-state index contributed by atoms with van der Waals surface area (Å²) in [6.07, 6.45) is -4.48. The number of amides is 1. The lowest BCUT2D eigenvalue weighted by molar-refractivity contribution is -0.130. The number of aryl methyl sites for hydroxylation is 1. The Hall–Kier alpha value is -1.63. The zero-order chi connectivity index (χ0) is 13.9. The predicted molar refractivity (Wildman–Crippen MR) is 57.1 cm³/mol. The van der Waals surface area contributed by atoms with E-state index in [1.54, 1.807) is 6.92 Å². The van der Waals surface area contributed by atoms with Crippen molar-refractivity contribution in [3.63, 3.8) is 0 Å². The molecule has 18 heavy (non-hydrogen) atoms. The van der Waals surface area contributed by atoms with Crippen molar-refractivity contribution >= 4 is 5.91 Å². The van der Waals surface area contributed by atoms with Gasteiger partial charge in [-0.3, -0.25) is 10.1 Å². The molecule has 1 aromatic rings. The van der Waals surface area contributed by atoms with Gasteiger partial charge in [-0.25, -0.2) is 4.39 Å². The van der Waals surface area contributed by atoms with Crippen molar-refractivity contribution < 1.29 is 22.4 Å². The number of carbonyl (C=O) groups excluding carboxylic acids is 1. The third kappa shape index (κ3) is 3.99. The van der Waals surface area contributed by atoms with Gasteiger partial charge >= 0.3 is 6.18 Å². The molecule has 7 heteroatoms. The minimum Gasteiger partial charge on any atom is -0.368 e. The summed E-state index contributed by atoms with van der Waals surface area (Å²) in [7, 11) is 0. The van der Waals surface area contributed by atoms with E-state index in [1.807, 2.05) is 5.32 Å². The van der Waals surface area contributed by atoms with Gasteiger partial charge in [0.05, 0.1) is 6.54 Å². The molecule has 0 heterocycles. The van der Waals surface area contributed by atoms with E-state index in [2.05, 4.69) is 0 Å². The average molecular weight is 264 g/mol. The minimum atomic E-state index is -4.48. The highest BCUT2D eigenvalue weighted by Gasteiger charge is 2.30. The maximum atomic E-state index is 13.0. The van der Waals surface area contributed by atoms with Crippen LogP contribution in [0.1, 0.15) is 17.2 Å². The fourth-order valence-electron chi connectivity index (χ4n) is 1.50. The largest absolute Gasteiger partial charge is 0.401 e. The molecule has 0 bridgehead atoms. The first-order chi connectivity index (χ1) is 8.20. The van der Waals surface area contributed by atoms with Crippen LogP contribution >= 0.6 is 0 Å². The molecule has 0 aliphatic heterocycles. The lowest BCUT2D eigenvalue weighted by Gasteiger charge is -2.19. The summed E-state index contributed by atoms with van der Waals surface area (Å²) in [6.45, 7) is 0.177. The summed E-state index contributed by atoms with van der Waals surface area (Å²) in [5.74, 6) is -1.64. The fourth-order valence-corrected chi connectivity index (χ4v) is 1.50. The number of hydrogen-bond donors (Lipinski definition) is 2. The van der Waals surface area contributed by atoms with Crippen LogP contribution in [0.25, 0.3) is 0 Å². The maximum absolute atomic E-state index is 13.0. The highest BCUT2D eigenvalue weighted by molar-refractivity contribution is 5.81. The summed E-state index contributed by atoms with van der Waals surface area (Å²) >= 11 is 0. The molecule has 1 rings (SSSR count). The Morgan fingerprint density at radius 3 is 2.56 bits per heavy atom. The van der Waals surface area contributed by atoms with Crippen LogP contribution in [-0.4, -0.2) is 18.6 Å². The Kier molecular flexibility index (Phi) is 4.28. The van der Waals surface area contributed by atoms with E-state index in [1.165, 1.54) is 6.07 Å². The van der Waals surface area contributed by atoms with Crippen molar-refractivity contribution in [2.75, 3.05) is 6.54 Å². The van der Waals surface area contributed by atoms with Crippen LogP contribution in [0.15, 0.2) is 18.2 Å². The van der Waals surface area contributed by atoms with Gasteiger partial charge in [0.15, 0.2) is 0 Å². The zero-order valence-electron chi connectivity index (χ0n) is 9.51. The standard InChI is InChI=1S/C11H12F4N2O/c1-6-2-3-7(12)4-8(6)9(10(16)18)17-5-11(13,14)15/h2-4,9,17H,5H2,1H3,(H2,16,18). The van der Waals surface area contributed by atoms with Gasteiger partial charge < -0.3 is 5.73 Å². The number of halogens is 4. The Morgan fingerprint density at radius 1 is 1.44 bits per heavy atom. The van der Waals surface area contributed by atoms with Crippen molar-refractivity contribution in [3.8, 4) is 0 Å². The van der Waals surface area contributed by atoms with Gasteiger partial charge in [0, 0.05) is 0 Å². The molecule has 0 fully saturated rings. The second-order valence-corrected chi connectivity index (χ2v) is 3.83. The van der Waals surface area contributed by atoms with E-state index in [-0.39, 0.29) is 5.56 Å². The number of rotatable bonds is 4. The quantitative estimate of drug-likeness (QED) is 0.815. The normalized spacial score (nSPS) is 13.4. The van der Waals surface area contributed by atoms with E-state index in [0.717, 1.165) is 12.1 Å². The molecular formula is C11H12F4N2O. The number of benzene rings is 1. The molecule has 0 saturated carbocycles. The molecule has 0 radical (unpaired) electrons. The summed E-state index contributed by atoms with van der Waals surface area (Å²) in [5.41, 5.74) is 5.61. The molecule has 0 spiro atoms. The number of carbonyl (C=O) groups is 1. The van der Waals surface area contributed by atoms with Crippen LogP contribution < -0.4 is 11.1 Å². The first-order valence-electron chi connectivity index (χ1n) is 5.06. The summed E-state index contributed by atoms with van der Waals surface area (Å²) < 4.78 is 49.3. The third-order valence-corrected chi connectivity index (χ3v) is 2.34. The van der Waals surface area contributed by atoms with Crippen molar-refractivity contribution in [3.05, 3.63) is 35.1 Å². The average Bonchev–Trinajstić information content (AvgIpc) is 2.21. The molecule has 3 N–H and O–H groups in total. The smallest absolute Gasteiger partial charge is 0.368 e. The number of nitrogens with one attached hydrogen (secondary N) is 1. The van der Waals surface area contributed by atoms with Gasteiger partial charge in [0.25, 0.3) is 0 Å². The topological polar surface area (TPSA) is 55.1 Å². The summed E-state index contributed by atoms with van der Waals surface area (Å²) in [5, 5.41) is 1.98. The Bertz CT molecular complexity index is 445. The van der Waals surface area contributed by atoms with E-state index in [9.17, 15) is 22.4 Å².